The predicted molar refractivity (Wildman–Crippen MR) is 110 cm³/mol. The smallest absolute Gasteiger partial charge is 0.286 e. The number of carbonyl (C=O) groups excluding carboxylic acids is 1. The number of anilines is 1. The number of rotatable bonds is 6. The topological polar surface area (TPSA) is 71.0 Å². The molecular weight excluding hydrogens is 370 g/mol. The molecule has 3 heterocycles. The number of aryl methyl sites for hydroxylation is 1. The second-order valence-electron chi connectivity index (χ2n) is 6.91. The van der Waals surface area contributed by atoms with E-state index in [0.29, 0.717) is 17.6 Å². The van der Waals surface area contributed by atoms with Crippen LogP contribution in [0.25, 0.3) is 0 Å². The van der Waals surface area contributed by atoms with Gasteiger partial charge in [-0.3, -0.25) is 14.7 Å². The lowest BCUT2D eigenvalue weighted by atomic mass is 10.1. The zero-order valence-corrected chi connectivity index (χ0v) is 16.7. The standard InChI is InChI=1S/C21H23N5OS/c1-2-15-5-7-17(8-6-15)23-20(27)21-25-24-19(28-21)14-26-13-3-4-18(26)16-9-11-22-12-10-16/h5-12,18H,2-4,13-14H2,1H3,(H,23,27). The van der Waals surface area contributed by atoms with Gasteiger partial charge in [0, 0.05) is 24.1 Å². The minimum atomic E-state index is -0.208. The Kier molecular flexibility index (Phi) is 5.73. The lowest BCUT2D eigenvalue weighted by molar-refractivity contribution is 0.102. The molecule has 28 heavy (non-hydrogen) atoms. The van der Waals surface area contributed by atoms with E-state index in [0.717, 1.165) is 36.5 Å². The minimum Gasteiger partial charge on any atom is -0.320 e. The van der Waals surface area contributed by atoms with Gasteiger partial charge in [-0.15, -0.1) is 10.2 Å². The van der Waals surface area contributed by atoms with Crippen LogP contribution in [-0.4, -0.2) is 32.5 Å². The number of likely N-dealkylation sites (tertiary alicyclic amines) is 1. The molecule has 4 rings (SSSR count). The van der Waals surface area contributed by atoms with Gasteiger partial charge in [0.15, 0.2) is 0 Å². The fraction of sp³-hybridized carbons (Fsp3) is 0.333. The largest absolute Gasteiger partial charge is 0.320 e. The summed E-state index contributed by atoms with van der Waals surface area (Å²) in [4.78, 5) is 19.0. The van der Waals surface area contributed by atoms with Gasteiger partial charge in [0.05, 0.1) is 6.54 Å². The van der Waals surface area contributed by atoms with Crippen LogP contribution in [0.3, 0.4) is 0 Å². The van der Waals surface area contributed by atoms with Crippen LogP contribution in [0.2, 0.25) is 0 Å². The molecule has 1 saturated heterocycles. The van der Waals surface area contributed by atoms with Gasteiger partial charge in [-0.25, -0.2) is 0 Å². The molecule has 1 amide bonds. The third-order valence-corrected chi connectivity index (χ3v) is 5.98. The number of carbonyl (C=O) groups is 1. The van der Waals surface area contributed by atoms with Crippen LogP contribution in [0, 0.1) is 0 Å². The number of hydrogen-bond acceptors (Lipinski definition) is 6. The summed E-state index contributed by atoms with van der Waals surface area (Å²) >= 11 is 1.36. The summed E-state index contributed by atoms with van der Waals surface area (Å²) in [6, 6.07) is 12.4. The van der Waals surface area contributed by atoms with Crippen molar-refractivity contribution in [3.63, 3.8) is 0 Å². The van der Waals surface area contributed by atoms with Crippen LogP contribution in [0.15, 0.2) is 48.8 Å². The molecule has 3 aromatic rings. The first-order valence-electron chi connectivity index (χ1n) is 9.59. The molecule has 6 nitrogen and oxygen atoms in total. The molecule has 1 fully saturated rings. The number of nitrogens with zero attached hydrogens (tertiary/aromatic N) is 4. The highest BCUT2D eigenvalue weighted by molar-refractivity contribution is 7.13. The summed E-state index contributed by atoms with van der Waals surface area (Å²) in [6.45, 7) is 3.84. The monoisotopic (exact) mass is 393 g/mol. The average Bonchev–Trinajstić information content (AvgIpc) is 3.39. The first-order chi connectivity index (χ1) is 13.7. The van der Waals surface area contributed by atoms with Crippen molar-refractivity contribution in [1.82, 2.24) is 20.1 Å². The second-order valence-corrected chi connectivity index (χ2v) is 7.98. The van der Waals surface area contributed by atoms with E-state index in [1.807, 2.05) is 36.7 Å². The number of aromatic nitrogens is 3. The van der Waals surface area contributed by atoms with Gasteiger partial charge in [-0.05, 0) is 61.2 Å². The molecular formula is C21H23N5OS. The lowest BCUT2D eigenvalue weighted by Crippen LogP contribution is -2.22. The Hall–Kier alpha value is -2.64. The predicted octanol–water partition coefficient (Wildman–Crippen LogP) is 4.08. The van der Waals surface area contributed by atoms with Crippen LogP contribution < -0.4 is 5.32 Å². The van der Waals surface area contributed by atoms with E-state index in [2.05, 4.69) is 44.5 Å². The quantitative estimate of drug-likeness (QED) is 0.683. The van der Waals surface area contributed by atoms with Crippen LogP contribution >= 0.6 is 11.3 Å². The Morgan fingerprint density at radius 2 is 1.96 bits per heavy atom. The zero-order valence-electron chi connectivity index (χ0n) is 15.8. The van der Waals surface area contributed by atoms with E-state index in [1.54, 1.807) is 0 Å². The van der Waals surface area contributed by atoms with E-state index >= 15 is 0 Å². The summed E-state index contributed by atoms with van der Waals surface area (Å²) in [6.07, 6.45) is 6.94. The van der Waals surface area contributed by atoms with E-state index in [-0.39, 0.29) is 5.91 Å². The van der Waals surface area contributed by atoms with E-state index in [1.165, 1.54) is 22.5 Å². The molecule has 1 unspecified atom stereocenters. The molecule has 2 aromatic heterocycles. The minimum absolute atomic E-state index is 0.208. The Morgan fingerprint density at radius 3 is 2.71 bits per heavy atom. The molecule has 1 aliphatic heterocycles. The molecule has 1 atom stereocenters. The molecule has 0 spiro atoms. The third kappa shape index (κ3) is 4.26. The number of benzene rings is 1. The van der Waals surface area contributed by atoms with Crippen LogP contribution in [0.1, 0.15) is 51.7 Å². The molecule has 0 aliphatic carbocycles. The normalized spacial score (nSPS) is 17.0. The molecule has 1 aliphatic rings. The number of hydrogen-bond donors (Lipinski definition) is 1. The Labute approximate surface area is 168 Å². The molecule has 7 heteroatoms. The highest BCUT2D eigenvalue weighted by Gasteiger charge is 2.27. The van der Waals surface area contributed by atoms with Crippen molar-refractivity contribution < 1.29 is 4.79 Å². The van der Waals surface area contributed by atoms with Crippen molar-refractivity contribution in [2.75, 3.05) is 11.9 Å². The first kappa shape index (κ1) is 18.7. The van der Waals surface area contributed by atoms with Crippen molar-refractivity contribution in [2.24, 2.45) is 0 Å². The second kappa shape index (κ2) is 8.58. The lowest BCUT2D eigenvalue weighted by Gasteiger charge is -2.23. The SMILES string of the molecule is CCc1ccc(NC(=O)c2nnc(CN3CCCC3c3ccncc3)s2)cc1. The Bertz CT molecular complexity index is 925. The van der Waals surface area contributed by atoms with Gasteiger partial charge >= 0.3 is 0 Å². The van der Waals surface area contributed by atoms with Crippen LogP contribution in [0.4, 0.5) is 5.69 Å². The zero-order chi connectivity index (χ0) is 19.3. The summed E-state index contributed by atoms with van der Waals surface area (Å²) in [5.41, 5.74) is 3.30. The summed E-state index contributed by atoms with van der Waals surface area (Å²) in [7, 11) is 0. The van der Waals surface area contributed by atoms with Gasteiger partial charge in [0.25, 0.3) is 5.91 Å². The van der Waals surface area contributed by atoms with Gasteiger partial charge in [0.2, 0.25) is 5.01 Å². The maximum Gasteiger partial charge on any atom is 0.286 e. The maximum atomic E-state index is 12.5. The Morgan fingerprint density at radius 1 is 1.18 bits per heavy atom. The van der Waals surface area contributed by atoms with Crippen molar-refractivity contribution in [1.29, 1.82) is 0 Å². The molecule has 1 aromatic carbocycles. The first-order valence-corrected chi connectivity index (χ1v) is 10.4. The van der Waals surface area contributed by atoms with Crippen molar-refractivity contribution >= 4 is 22.9 Å². The summed E-state index contributed by atoms with van der Waals surface area (Å²) < 4.78 is 0. The number of amides is 1. The van der Waals surface area contributed by atoms with Gasteiger partial charge in [-0.1, -0.05) is 30.4 Å². The van der Waals surface area contributed by atoms with Gasteiger partial charge in [-0.2, -0.15) is 0 Å². The molecule has 1 N–H and O–H groups in total. The van der Waals surface area contributed by atoms with E-state index in [4.69, 9.17) is 0 Å². The molecule has 0 radical (unpaired) electrons. The molecule has 144 valence electrons. The molecule has 0 saturated carbocycles. The van der Waals surface area contributed by atoms with E-state index < -0.39 is 0 Å². The fourth-order valence-corrected chi connectivity index (χ4v) is 4.33. The number of nitrogens with one attached hydrogen (secondary N) is 1. The summed E-state index contributed by atoms with van der Waals surface area (Å²) in [5.74, 6) is -0.208. The summed E-state index contributed by atoms with van der Waals surface area (Å²) in [5, 5.41) is 12.5. The number of pyridine rings is 1. The van der Waals surface area contributed by atoms with E-state index in [9.17, 15) is 4.79 Å². The fourth-order valence-electron chi connectivity index (χ4n) is 3.57. The highest BCUT2D eigenvalue weighted by Crippen LogP contribution is 2.33. The van der Waals surface area contributed by atoms with Crippen molar-refractivity contribution in [2.45, 2.75) is 38.8 Å². The van der Waals surface area contributed by atoms with Gasteiger partial charge < -0.3 is 5.32 Å². The Balaban J connectivity index is 1.40. The van der Waals surface area contributed by atoms with Crippen molar-refractivity contribution in [3.8, 4) is 0 Å². The van der Waals surface area contributed by atoms with Crippen LogP contribution in [0.5, 0.6) is 0 Å². The molecule has 0 bridgehead atoms. The van der Waals surface area contributed by atoms with Crippen molar-refractivity contribution in [3.05, 3.63) is 69.9 Å². The maximum absolute atomic E-state index is 12.5. The average molecular weight is 394 g/mol. The van der Waals surface area contributed by atoms with Gasteiger partial charge in [0.1, 0.15) is 5.01 Å². The third-order valence-electron chi connectivity index (χ3n) is 5.07. The highest BCUT2D eigenvalue weighted by atomic mass is 32.1. The van der Waals surface area contributed by atoms with Crippen LogP contribution in [-0.2, 0) is 13.0 Å².